The molecule has 4 aromatic rings. The van der Waals surface area contributed by atoms with E-state index in [2.05, 4.69) is 10.3 Å². The second-order valence-corrected chi connectivity index (χ2v) is 11.8. The number of ether oxygens (including phenoxy) is 2. The fourth-order valence-electron chi connectivity index (χ4n) is 5.09. The summed E-state index contributed by atoms with van der Waals surface area (Å²) in [6.45, 7) is 4.39. The number of nitrogens with zero attached hydrogens (tertiary/aromatic N) is 4. The van der Waals surface area contributed by atoms with Gasteiger partial charge in [-0.25, -0.2) is 4.68 Å². The Morgan fingerprint density at radius 2 is 1.95 bits per heavy atom. The third kappa shape index (κ3) is 5.06. The number of aromatic nitrogens is 3. The molecule has 1 aliphatic rings. The summed E-state index contributed by atoms with van der Waals surface area (Å²) in [6.07, 6.45) is -0.145. The van der Waals surface area contributed by atoms with Gasteiger partial charge in [-0.05, 0) is 60.4 Å². The molecule has 5 rings (SSSR count). The number of carboxylic acid groups (broad SMARTS) is 1. The first kappa shape index (κ1) is 26.9. The lowest BCUT2D eigenvalue weighted by Gasteiger charge is -2.44. The van der Waals surface area contributed by atoms with Gasteiger partial charge in [-0.1, -0.05) is 35.5 Å². The van der Waals surface area contributed by atoms with E-state index in [1.807, 2.05) is 44.2 Å². The molecule has 10 nitrogen and oxygen atoms in total. The van der Waals surface area contributed by atoms with Gasteiger partial charge in [0.25, 0.3) is 0 Å². The molecule has 0 bridgehead atoms. The molecule has 0 fully saturated rings. The van der Waals surface area contributed by atoms with Gasteiger partial charge in [0, 0.05) is 19.5 Å². The van der Waals surface area contributed by atoms with Crippen LogP contribution < -0.4 is 9.47 Å². The van der Waals surface area contributed by atoms with Gasteiger partial charge in [-0.2, -0.15) is 4.31 Å². The van der Waals surface area contributed by atoms with Crippen molar-refractivity contribution in [2.75, 3.05) is 13.7 Å². The highest BCUT2D eigenvalue weighted by Gasteiger charge is 2.35. The smallest absolute Gasteiger partial charge is 0.304 e. The molecular weight excluding hydrogens is 520 g/mol. The second-order valence-electron chi connectivity index (χ2n) is 9.84. The summed E-state index contributed by atoms with van der Waals surface area (Å²) in [6, 6.07) is 16.2. The monoisotopic (exact) mass is 552 g/mol. The van der Waals surface area contributed by atoms with Crippen LogP contribution in [0.4, 0.5) is 0 Å². The number of aryl methyl sites for hydroxylation is 2. The number of benzene rings is 3. The lowest BCUT2D eigenvalue weighted by molar-refractivity contribution is -0.137. The van der Waals surface area contributed by atoms with Gasteiger partial charge in [-0.15, -0.1) is 15.9 Å². The van der Waals surface area contributed by atoms with Crippen LogP contribution in [0.15, 0.2) is 59.5 Å². The van der Waals surface area contributed by atoms with Crippen LogP contribution in [0.2, 0.25) is 0 Å². The molecule has 206 valence electrons. The van der Waals surface area contributed by atoms with Crippen LogP contribution in [-0.2, 0) is 18.4 Å². The van der Waals surface area contributed by atoms with Gasteiger partial charge < -0.3 is 14.6 Å². The van der Waals surface area contributed by atoms with Crippen molar-refractivity contribution >= 4 is 27.8 Å². The standard InChI is InChI=1S/C28H32N4O6S/c1-17-9-10-19(22(14-27(33)34)20-12-23-28(25(13-20)37-4)31(3)30-29-23)11-21(17)15-32-18(2)16-38-24-7-5-6-8-26(24)39(32,35)36/h5-13,18,22,35-36H,14-16H2,1-4H3,(H,33,34). The number of para-hydroxylation sites is 1. The SMILES string of the molecule is COc1cc(C(CC(=O)O)c2ccc(C)c(CN3C(C)COc4ccccc4S3(O)O)c2)cc2nnn(C)c12. The Bertz CT molecular complexity index is 1540. The van der Waals surface area contributed by atoms with Gasteiger partial charge in [0.15, 0.2) is 0 Å². The van der Waals surface area contributed by atoms with Crippen molar-refractivity contribution in [1.82, 2.24) is 19.3 Å². The number of aliphatic carboxylic acids is 1. The minimum atomic E-state index is -3.34. The molecule has 0 saturated heterocycles. The number of rotatable bonds is 7. The van der Waals surface area contributed by atoms with E-state index < -0.39 is 22.7 Å². The molecule has 0 amide bonds. The summed E-state index contributed by atoms with van der Waals surface area (Å²) in [5.74, 6) is -0.409. The Labute approximate surface area is 228 Å². The maximum atomic E-state index is 12.0. The minimum absolute atomic E-state index is 0.145. The van der Waals surface area contributed by atoms with Crippen molar-refractivity contribution in [2.45, 2.75) is 43.7 Å². The van der Waals surface area contributed by atoms with Gasteiger partial charge in [0.1, 0.15) is 34.0 Å². The molecule has 11 heteroatoms. The highest BCUT2D eigenvalue weighted by Crippen LogP contribution is 2.58. The van der Waals surface area contributed by atoms with E-state index in [1.54, 1.807) is 47.4 Å². The van der Waals surface area contributed by atoms with E-state index in [0.717, 1.165) is 27.8 Å². The van der Waals surface area contributed by atoms with Crippen molar-refractivity contribution in [3.63, 3.8) is 0 Å². The zero-order chi connectivity index (χ0) is 27.9. The van der Waals surface area contributed by atoms with Crippen LogP contribution in [0.3, 0.4) is 0 Å². The molecule has 39 heavy (non-hydrogen) atoms. The number of fused-ring (bicyclic) bond motifs is 2. The molecule has 1 aromatic heterocycles. The van der Waals surface area contributed by atoms with E-state index in [-0.39, 0.29) is 19.0 Å². The summed E-state index contributed by atoms with van der Waals surface area (Å²) < 4.78 is 37.6. The van der Waals surface area contributed by atoms with Crippen LogP contribution in [0.1, 0.15) is 41.5 Å². The van der Waals surface area contributed by atoms with Crippen molar-refractivity contribution in [3.8, 4) is 11.5 Å². The third-order valence-electron chi connectivity index (χ3n) is 7.23. The van der Waals surface area contributed by atoms with Crippen molar-refractivity contribution in [1.29, 1.82) is 0 Å². The number of methoxy groups -OCH3 is 1. The summed E-state index contributed by atoms with van der Waals surface area (Å²) in [5.41, 5.74) is 4.69. The highest BCUT2D eigenvalue weighted by molar-refractivity contribution is 8.22. The van der Waals surface area contributed by atoms with Crippen LogP contribution in [0.25, 0.3) is 11.0 Å². The van der Waals surface area contributed by atoms with Crippen LogP contribution in [0.5, 0.6) is 11.5 Å². The van der Waals surface area contributed by atoms with E-state index in [0.29, 0.717) is 28.5 Å². The highest BCUT2D eigenvalue weighted by atomic mass is 32.3. The molecule has 1 aliphatic heterocycles. The predicted octanol–water partition coefficient (Wildman–Crippen LogP) is 5.20. The molecule has 2 unspecified atom stereocenters. The molecule has 0 spiro atoms. The Morgan fingerprint density at radius 1 is 1.18 bits per heavy atom. The Kier molecular flexibility index (Phi) is 7.25. The van der Waals surface area contributed by atoms with E-state index in [4.69, 9.17) is 9.47 Å². The fourth-order valence-corrected chi connectivity index (χ4v) is 6.89. The van der Waals surface area contributed by atoms with Gasteiger partial charge >= 0.3 is 5.97 Å². The predicted molar refractivity (Wildman–Crippen MR) is 148 cm³/mol. The average Bonchev–Trinajstić information content (AvgIpc) is 3.25. The second kappa shape index (κ2) is 10.5. The first-order chi connectivity index (χ1) is 18.6. The number of carbonyl (C=O) groups is 1. The summed E-state index contributed by atoms with van der Waals surface area (Å²) in [4.78, 5) is 12.3. The van der Waals surface area contributed by atoms with Crippen LogP contribution >= 0.6 is 10.8 Å². The van der Waals surface area contributed by atoms with Crippen molar-refractivity contribution in [3.05, 3.63) is 76.9 Å². The quantitative estimate of drug-likeness (QED) is 0.283. The first-order valence-corrected chi connectivity index (χ1v) is 14.1. The summed E-state index contributed by atoms with van der Waals surface area (Å²) >= 11 is 0. The Balaban J connectivity index is 1.56. The zero-order valence-electron chi connectivity index (χ0n) is 22.2. The molecule has 2 atom stereocenters. The maximum Gasteiger partial charge on any atom is 0.304 e. The minimum Gasteiger partial charge on any atom is -0.494 e. The third-order valence-corrected chi connectivity index (χ3v) is 9.30. The van der Waals surface area contributed by atoms with E-state index in [1.165, 1.54) is 0 Å². The largest absolute Gasteiger partial charge is 0.494 e. The summed E-state index contributed by atoms with van der Waals surface area (Å²) in [5, 5.41) is 18.1. The van der Waals surface area contributed by atoms with Crippen LogP contribution in [0, 0.1) is 6.92 Å². The van der Waals surface area contributed by atoms with Crippen molar-refractivity contribution in [2.24, 2.45) is 7.05 Å². The van der Waals surface area contributed by atoms with Gasteiger partial charge in [0.2, 0.25) is 0 Å². The molecule has 3 N–H and O–H groups in total. The average molecular weight is 553 g/mol. The zero-order valence-corrected chi connectivity index (χ0v) is 23.1. The van der Waals surface area contributed by atoms with Gasteiger partial charge in [0.05, 0.1) is 19.6 Å². The molecular formula is C28H32N4O6S. The Morgan fingerprint density at radius 3 is 2.69 bits per heavy atom. The molecule has 0 aliphatic carbocycles. The molecule has 2 heterocycles. The Hall–Kier alpha value is -3.64. The van der Waals surface area contributed by atoms with Gasteiger partial charge in [-0.3, -0.25) is 13.9 Å². The molecule has 3 aromatic carbocycles. The normalized spacial score (nSPS) is 18.6. The lowest BCUT2D eigenvalue weighted by Crippen LogP contribution is -2.37. The topological polar surface area (TPSA) is 130 Å². The van der Waals surface area contributed by atoms with Crippen LogP contribution in [-0.4, -0.2) is 59.2 Å². The number of carboxylic acids is 1. The molecule has 0 saturated carbocycles. The molecule has 0 radical (unpaired) electrons. The fraction of sp³-hybridized carbons (Fsp3) is 0.321. The maximum absolute atomic E-state index is 12.0. The van der Waals surface area contributed by atoms with E-state index >= 15 is 0 Å². The number of hydrogen-bond donors (Lipinski definition) is 3. The lowest BCUT2D eigenvalue weighted by atomic mass is 9.86. The van der Waals surface area contributed by atoms with E-state index in [9.17, 15) is 19.0 Å². The summed E-state index contributed by atoms with van der Waals surface area (Å²) in [7, 11) is -0.00479. The number of hydrogen-bond acceptors (Lipinski definition) is 8. The van der Waals surface area contributed by atoms with Crippen molar-refractivity contribution < 1.29 is 28.5 Å². The first-order valence-electron chi connectivity index (χ1n) is 12.6.